The number of hydrogen-bond donors (Lipinski definition) is 3. The van der Waals surface area contributed by atoms with Crippen molar-refractivity contribution in [2.45, 2.75) is 24.9 Å². The number of rotatable bonds is 5. The van der Waals surface area contributed by atoms with Crippen molar-refractivity contribution in [2.24, 2.45) is 5.73 Å². The normalized spacial score (nSPS) is 11.9. The number of aromatic amines is 1. The van der Waals surface area contributed by atoms with E-state index in [1.165, 1.54) is 11.3 Å². The number of nitrogens with zero attached hydrogens (tertiary/aromatic N) is 1. The molecule has 2 heterocycles. The van der Waals surface area contributed by atoms with E-state index in [4.69, 9.17) is 17.3 Å². The van der Waals surface area contributed by atoms with Crippen molar-refractivity contribution in [1.82, 2.24) is 14.9 Å². The van der Waals surface area contributed by atoms with Gasteiger partial charge in [0.15, 0.2) is 0 Å². The SMILES string of the molecule is Cc1[nH]nc(CN)c1S(=O)(=O)NCc1ccc(Cl)s1. The van der Waals surface area contributed by atoms with Crippen molar-refractivity contribution in [3.63, 3.8) is 0 Å². The molecular weight excluding hydrogens is 308 g/mol. The summed E-state index contributed by atoms with van der Waals surface area (Å²) in [5.41, 5.74) is 6.28. The minimum atomic E-state index is -3.64. The summed E-state index contributed by atoms with van der Waals surface area (Å²) in [5.74, 6) is 0. The van der Waals surface area contributed by atoms with Gasteiger partial charge in [0.05, 0.1) is 15.7 Å². The second kappa shape index (κ2) is 5.59. The molecule has 2 aromatic rings. The van der Waals surface area contributed by atoms with Gasteiger partial charge in [-0.05, 0) is 19.1 Å². The van der Waals surface area contributed by atoms with Crippen LogP contribution >= 0.6 is 22.9 Å². The summed E-state index contributed by atoms with van der Waals surface area (Å²) in [4.78, 5) is 0.960. The number of H-pyrrole nitrogens is 1. The molecule has 0 fully saturated rings. The first-order chi connectivity index (χ1) is 8.94. The first-order valence-electron chi connectivity index (χ1n) is 5.42. The highest BCUT2D eigenvalue weighted by Gasteiger charge is 2.23. The molecule has 6 nitrogen and oxygen atoms in total. The average molecular weight is 321 g/mol. The van der Waals surface area contributed by atoms with Gasteiger partial charge in [0.2, 0.25) is 10.0 Å². The molecule has 0 spiro atoms. The van der Waals surface area contributed by atoms with E-state index < -0.39 is 10.0 Å². The molecule has 0 bridgehead atoms. The number of aromatic nitrogens is 2. The lowest BCUT2D eigenvalue weighted by molar-refractivity contribution is 0.580. The molecule has 19 heavy (non-hydrogen) atoms. The van der Waals surface area contributed by atoms with Gasteiger partial charge in [-0.3, -0.25) is 5.10 Å². The van der Waals surface area contributed by atoms with Crippen LogP contribution in [0.5, 0.6) is 0 Å². The Morgan fingerprint density at radius 3 is 2.84 bits per heavy atom. The van der Waals surface area contributed by atoms with Gasteiger partial charge in [0, 0.05) is 18.0 Å². The van der Waals surface area contributed by atoms with E-state index in [-0.39, 0.29) is 18.0 Å². The van der Waals surface area contributed by atoms with Gasteiger partial charge < -0.3 is 5.73 Å². The second-order valence-corrected chi connectivity index (χ2v) is 7.36. The molecule has 4 N–H and O–H groups in total. The number of sulfonamides is 1. The van der Waals surface area contributed by atoms with Gasteiger partial charge in [-0.2, -0.15) is 5.10 Å². The summed E-state index contributed by atoms with van der Waals surface area (Å²) >= 11 is 7.12. The average Bonchev–Trinajstić information content (AvgIpc) is 2.93. The topological polar surface area (TPSA) is 101 Å². The summed E-state index contributed by atoms with van der Waals surface area (Å²) in [5, 5.41) is 6.50. The molecule has 0 aromatic carbocycles. The number of halogens is 1. The fourth-order valence-corrected chi connectivity index (χ4v) is 4.15. The minimum Gasteiger partial charge on any atom is -0.325 e. The number of thiophene rings is 1. The molecule has 0 radical (unpaired) electrons. The summed E-state index contributed by atoms with van der Waals surface area (Å²) in [6.45, 7) is 1.89. The number of nitrogens with one attached hydrogen (secondary N) is 2. The molecule has 0 amide bonds. The zero-order valence-corrected chi connectivity index (χ0v) is 12.5. The van der Waals surface area contributed by atoms with Crippen LogP contribution in [-0.4, -0.2) is 18.6 Å². The Hall–Kier alpha value is -0.930. The molecule has 0 unspecified atom stereocenters. The Labute approximate surface area is 120 Å². The quantitative estimate of drug-likeness (QED) is 0.774. The van der Waals surface area contributed by atoms with E-state index in [0.29, 0.717) is 15.7 Å². The summed E-state index contributed by atoms with van der Waals surface area (Å²) < 4.78 is 27.6. The summed E-state index contributed by atoms with van der Waals surface area (Å²) in [6, 6.07) is 3.51. The highest BCUT2D eigenvalue weighted by Crippen LogP contribution is 2.22. The molecule has 2 rings (SSSR count). The number of hydrogen-bond acceptors (Lipinski definition) is 5. The maximum atomic E-state index is 12.2. The van der Waals surface area contributed by atoms with Crippen LogP contribution in [0.4, 0.5) is 0 Å². The van der Waals surface area contributed by atoms with Crippen LogP contribution in [0.3, 0.4) is 0 Å². The van der Waals surface area contributed by atoms with Crippen molar-refractivity contribution in [2.75, 3.05) is 0 Å². The van der Waals surface area contributed by atoms with Gasteiger partial charge in [-0.1, -0.05) is 11.6 Å². The van der Waals surface area contributed by atoms with Crippen LogP contribution in [-0.2, 0) is 23.1 Å². The van der Waals surface area contributed by atoms with Gasteiger partial charge in [-0.25, -0.2) is 13.1 Å². The van der Waals surface area contributed by atoms with E-state index in [1.54, 1.807) is 19.1 Å². The zero-order chi connectivity index (χ0) is 14.0. The molecule has 2 aromatic heterocycles. The number of aryl methyl sites for hydroxylation is 1. The lowest BCUT2D eigenvalue weighted by Crippen LogP contribution is -2.24. The third kappa shape index (κ3) is 3.15. The summed E-state index contributed by atoms with van der Waals surface area (Å²) in [6.07, 6.45) is 0. The van der Waals surface area contributed by atoms with Gasteiger partial charge in [0.1, 0.15) is 4.90 Å². The third-order valence-corrected chi connectivity index (χ3v) is 5.32. The molecule has 0 atom stereocenters. The largest absolute Gasteiger partial charge is 0.325 e. The van der Waals surface area contributed by atoms with Gasteiger partial charge >= 0.3 is 0 Å². The Bertz CT molecular complexity index is 678. The molecule has 0 aliphatic heterocycles. The Morgan fingerprint density at radius 2 is 2.26 bits per heavy atom. The summed E-state index contributed by atoms with van der Waals surface area (Å²) in [7, 11) is -3.64. The number of nitrogens with two attached hydrogens (primary N) is 1. The molecule has 104 valence electrons. The van der Waals surface area contributed by atoms with Crippen LogP contribution < -0.4 is 10.5 Å². The molecule has 0 aliphatic rings. The standard InChI is InChI=1S/C10H13ClN4O2S2/c1-6-10(8(4-12)15-14-6)19(16,17)13-5-7-2-3-9(11)18-7/h2-3,13H,4-5,12H2,1H3,(H,14,15). The zero-order valence-electron chi connectivity index (χ0n) is 10.1. The van der Waals surface area contributed by atoms with Crippen molar-refractivity contribution in [1.29, 1.82) is 0 Å². The Balaban J connectivity index is 2.20. The van der Waals surface area contributed by atoms with E-state index in [2.05, 4.69) is 14.9 Å². The van der Waals surface area contributed by atoms with Crippen LogP contribution in [0.1, 0.15) is 16.3 Å². The fourth-order valence-electron chi connectivity index (χ4n) is 1.65. The van der Waals surface area contributed by atoms with Crippen molar-refractivity contribution in [3.8, 4) is 0 Å². The van der Waals surface area contributed by atoms with Crippen molar-refractivity contribution < 1.29 is 8.42 Å². The van der Waals surface area contributed by atoms with Crippen LogP contribution in [0.25, 0.3) is 0 Å². The Kier molecular flexibility index (Phi) is 4.26. The van der Waals surface area contributed by atoms with E-state index in [9.17, 15) is 8.42 Å². The van der Waals surface area contributed by atoms with Gasteiger partial charge in [0.25, 0.3) is 0 Å². The molecular formula is C10H13ClN4O2S2. The molecule has 0 aliphatic carbocycles. The highest BCUT2D eigenvalue weighted by molar-refractivity contribution is 7.89. The predicted molar refractivity (Wildman–Crippen MR) is 74.6 cm³/mol. The van der Waals surface area contributed by atoms with Crippen molar-refractivity contribution >= 4 is 33.0 Å². The Morgan fingerprint density at radius 1 is 1.53 bits per heavy atom. The lowest BCUT2D eigenvalue weighted by atomic mass is 10.4. The molecule has 0 saturated carbocycles. The smallest absolute Gasteiger partial charge is 0.244 e. The first kappa shape index (κ1) is 14.5. The first-order valence-corrected chi connectivity index (χ1v) is 8.09. The molecule has 0 saturated heterocycles. The fraction of sp³-hybridized carbons (Fsp3) is 0.300. The highest BCUT2D eigenvalue weighted by atomic mass is 35.5. The molecule has 9 heteroatoms. The predicted octanol–water partition coefficient (Wildman–Crippen LogP) is 1.37. The minimum absolute atomic E-state index is 0.0609. The van der Waals surface area contributed by atoms with E-state index in [1.807, 2.05) is 0 Å². The van der Waals surface area contributed by atoms with E-state index in [0.717, 1.165) is 4.88 Å². The van der Waals surface area contributed by atoms with Gasteiger partial charge in [-0.15, -0.1) is 11.3 Å². The maximum Gasteiger partial charge on any atom is 0.244 e. The third-order valence-electron chi connectivity index (χ3n) is 2.49. The lowest BCUT2D eigenvalue weighted by Gasteiger charge is -2.06. The van der Waals surface area contributed by atoms with Crippen LogP contribution in [0, 0.1) is 6.92 Å². The second-order valence-electron chi connectivity index (χ2n) is 3.86. The van der Waals surface area contributed by atoms with Crippen LogP contribution in [0.2, 0.25) is 4.34 Å². The van der Waals surface area contributed by atoms with Crippen LogP contribution in [0.15, 0.2) is 17.0 Å². The maximum absolute atomic E-state index is 12.2. The van der Waals surface area contributed by atoms with Crippen molar-refractivity contribution in [3.05, 3.63) is 32.7 Å². The van der Waals surface area contributed by atoms with E-state index >= 15 is 0 Å². The monoisotopic (exact) mass is 320 g/mol.